The maximum atomic E-state index is 13.8. The van der Waals surface area contributed by atoms with Crippen LogP contribution in [0.15, 0.2) is 84.9 Å². The van der Waals surface area contributed by atoms with Crippen molar-refractivity contribution in [1.29, 1.82) is 0 Å². The summed E-state index contributed by atoms with van der Waals surface area (Å²) in [7, 11) is 3.36. The number of nitrogens with zero attached hydrogens (tertiary/aromatic N) is 6. The third-order valence-electron chi connectivity index (χ3n) is 15.4. The summed E-state index contributed by atoms with van der Waals surface area (Å²) in [5.41, 5.74) is 5.78. The van der Waals surface area contributed by atoms with Crippen LogP contribution in [-0.4, -0.2) is 167 Å². The van der Waals surface area contributed by atoms with E-state index in [0.29, 0.717) is 116 Å². The van der Waals surface area contributed by atoms with Crippen molar-refractivity contribution in [2.24, 2.45) is 0 Å². The lowest BCUT2D eigenvalue weighted by molar-refractivity contribution is -0.141. The van der Waals surface area contributed by atoms with E-state index in [1.54, 1.807) is 90.9 Å². The minimum atomic E-state index is -1.13. The van der Waals surface area contributed by atoms with Crippen LogP contribution in [-0.2, 0) is 59.7 Å². The van der Waals surface area contributed by atoms with Crippen LogP contribution < -0.4 is 26.6 Å². The number of aromatic amines is 2. The fourth-order valence-corrected chi connectivity index (χ4v) is 10.9. The predicted molar refractivity (Wildman–Crippen MR) is 332 cm³/mol. The summed E-state index contributed by atoms with van der Waals surface area (Å²) < 4.78 is 5.43. The number of aromatic nitrogens is 4. The van der Waals surface area contributed by atoms with Crippen molar-refractivity contribution in [3.05, 3.63) is 119 Å². The molecule has 6 aromatic rings. The number of aliphatic carboxylic acids is 2. The largest absolute Gasteiger partial charge is 0.481 e. The van der Waals surface area contributed by atoms with Gasteiger partial charge in [-0.1, -0.05) is 49.9 Å². The highest BCUT2D eigenvalue weighted by atomic mass is 16.6. The number of para-hydroxylation sites is 4. The molecule has 0 aliphatic carbocycles. The molecule has 4 heterocycles. The molecule has 474 valence electrons. The predicted octanol–water partition coefficient (Wildman–Crippen LogP) is 6.91. The van der Waals surface area contributed by atoms with E-state index in [4.69, 9.17) is 4.74 Å². The number of hydrogen-bond acceptors (Lipinski definition) is 14. The number of hydrogen-bond donors (Lipinski definition) is 9. The molecule has 0 spiro atoms. The lowest BCUT2D eigenvalue weighted by Gasteiger charge is -2.24. The third kappa shape index (κ3) is 18.7. The molecule has 2 aliphatic rings. The van der Waals surface area contributed by atoms with Gasteiger partial charge in [-0.15, -0.1) is 0 Å². The van der Waals surface area contributed by atoms with E-state index in [1.807, 2.05) is 48.5 Å². The number of fused-ring (bicyclic) bond motifs is 4. The van der Waals surface area contributed by atoms with Gasteiger partial charge in [0.1, 0.15) is 35.4 Å². The second kappa shape index (κ2) is 30.4. The molecule has 89 heavy (non-hydrogen) atoms. The van der Waals surface area contributed by atoms with E-state index >= 15 is 0 Å². The number of alkyl carbamates (subject to hydrolysis) is 1. The number of imidazole rings is 2. The fourth-order valence-electron chi connectivity index (χ4n) is 10.9. The number of amides is 7. The lowest BCUT2D eigenvalue weighted by atomic mass is 10.1. The highest BCUT2D eigenvalue weighted by Crippen LogP contribution is 2.29. The topological polar surface area (TPSA) is 334 Å². The Balaban J connectivity index is 0.756. The number of carboxylic acids is 2. The molecule has 9 N–H and O–H groups in total. The van der Waals surface area contributed by atoms with Crippen molar-refractivity contribution in [3.8, 4) is 0 Å². The molecule has 0 saturated heterocycles. The van der Waals surface area contributed by atoms with Crippen LogP contribution in [0.3, 0.4) is 0 Å². The molecule has 0 bridgehead atoms. The van der Waals surface area contributed by atoms with Gasteiger partial charge in [-0.2, -0.15) is 0 Å². The summed E-state index contributed by atoms with van der Waals surface area (Å²) in [6.07, 6.45) is 3.38. The van der Waals surface area contributed by atoms with E-state index < -0.39 is 60.5 Å². The summed E-state index contributed by atoms with van der Waals surface area (Å²) in [5, 5.41) is 33.9. The zero-order valence-corrected chi connectivity index (χ0v) is 51.1. The second-order valence-corrected chi connectivity index (χ2v) is 23.8. The number of carboxylic acid groups (broad SMARTS) is 2. The molecule has 0 saturated carbocycles. The van der Waals surface area contributed by atoms with Gasteiger partial charge in [-0.05, 0) is 125 Å². The summed E-state index contributed by atoms with van der Waals surface area (Å²) in [6.45, 7) is 7.17. The first kappa shape index (κ1) is 65.4. The number of nitrogens with one attached hydrogen (secondary N) is 7. The maximum Gasteiger partial charge on any atom is 0.408 e. The van der Waals surface area contributed by atoms with Gasteiger partial charge in [-0.3, -0.25) is 38.4 Å². The number of carbonyl (C=O) groups is 9. The maximum absolute atomic E-state index is 13.8. The fraction of sp³-hybridized carbons (Fsp3) is 0.453. The number of carbonyl (C=O) groups excluding carboxylic acids is 7. The minimum absolute atomic E-state index is 0.00394. The summed E-state index contributed by atoms with van der Waals surface area (Å²) in [4.78, 5) is 140. The summed E-state index contributed by atoms with van der Waals surface area (Å²) >= 11 is 0. The Hall–Kier alpha value is -9.55. The first-order valence-electron chi connectivity index (χ1n) is 30.3. The Bertz CT molecular complexity index is 3470. The number of benzene rings is 4. The Morgan fingerprint density at radius 3 is 1.53 bits per heavy atom. The molecule has 25 nitrogen and oxygen atoms in total. The standard InChI is InChI=1S/C64H81N13O12/c1-64(2,3)89-63(88)73-50(58(83)66-29-15-7-9-17-31-77-37-43-33-41(23-25-45(43)68-52(62(77)87)35-57(81)82)60(85)75(5)39-54-71-48-20-12-13-21-49(48)72-54)26-27-55(78)65-28-14-6-8-16-30-76-36-42-32-40(22-24-44(42)67-51(61(76)86)34-56(79)80)59(84)74(4)38-53-69-46-18-10-11-19-47(46)70-53/h10-13,18-25,32-33,50-52,67-68H,6-9,14-17,26-31,34-39H2,1-5H3,(H,65,78)(H,66,83)(H,69,70)(H,71,72)(H,73,88)(H,79,80)(H,81,82)/t50-,51-,52+/m0/s1. The number of H-pyrrole nitrogens is 2. The van der Waals surface area contributed by atoms with Crippen molar-refractivity contribution >= 4 is 86.9 Å². The molecule has 8 rings (SSSR count). The zero-order chi connectivity index (χ0) is 63.8. The molecule has 25 heteroatoms. The average molecular weight is 1220 g/mol. The van der Waals surface area contributed by atoms with Crippen LogP contribution in [0.4, 0.5) is 16.2 Å². The quantitative estimate of drug-likeness (QED) is 0.0216. The van der Waals surface area contributed by atoms with Gasteiger partial charge in [0.25, 0.3) is 11.8 Å². The Morgan fingerprint density at radius 2 is 1.08 bits per heavy atom. The minimum Gasteiger partial charge on any atom is -0.481 e. The lowest BCUT2D eigenvalue weighted by Crippen LogP contribution is -2.48. The summed E-state index contributed by atoms with van der Waals surface area (Å²) in [6, 6.07) is 22.3. The Kier molecular flexibility index (Phi) is 22.3. The van der Waals surface area contributed by atoms with Crippen molar-refractivity contribution in [1.82, 2.24) is 55.5 Å². The molecule has 0 radical (unpaired) electrons. The third-order valence-corrected chi connectivity index (χ3v) is 15.4. The first-order chi connectivity index (χ1) is 42.6. The highest BCUT2D eigenvalue weighted by Gasteiger charge is 2.34. The van der Waals surface area contributed by atoms with E-state index in [-0.39, 0.29) is 75.1 Å². The average Bonchev–Trinajstić information content (AvgIpc) is 2.76. The van der Waals surface area contributed by atoms with Crippen LogP contribution in [0.25, 0.3) is 22.1 Å². The van der Waals surface area contributed by atoms with Gasteiger partial charge in [-0.25, -0.2) is 14.8 Å². The smallest absolute Gasteiger partial charge is 0.408 e. The molecular weight excluding hydrogens is 1140 g/mol. The van der Waals surface area contributed by atoms with Crippen molar-refractivity contribution in [2.45, 2.75) is 148 Å². The van der Waals surface area contributed by atoms with E-state index in [2.05, 4.69) is 46.5 Å². The first-order valence-corrected chi connectivity index (χ1v) is 30.3. The van der Waals surface area contributed by atoms with Gasteiger partial charge in [0.15, 0.2) is 0 Å². The van der Waals surface area contributed by atoms with Crippen molar-refractivity contribution in [3.63, 3.8) is 0 Å². The van der Waals surface area contributed by atoms with Crippen LogP contribution in [0.1, 0.15) is 141 Å². The van der Waals surface area contributed by atoms with Gasteiger partial charge in [0.05, 0.1) is 48.0 Å². The monoisotopic (exact) mass is 1220 g/mol. The SMILES string of the molecule is CN(Cc1nc2ccccc2[nH]1)C(=O)c1ccc2c(c1)CN(CCCCCCNC(=O)CC[C@H](NC(=O)OC(C)(C)C)C(=O)NCCCCCCN1Cc3cc(C(=O)N(C)Cc4nc5ccccc5[nH]4)ccc3N[C@H](CC(=O)O)C1=O)C(=O)[C@H](CC(=O)O)N2. The molecule has 2 aliphatic heterocycles. The van der Waals surface area contributed by atoms with Gasteiger partial charge in [0.2, 0.25) is 23.6 Å². The van der Waals surface area contributed by atoms with E-state index in [1.165, 1.54) is 0 Å². The van der Waals surface area contributed by atoms with Gasteiger partial charge in [0, 0.05) is 82.3 Å². The Morgan fingerprint density at radius 1 is 0.629 bits per heavy atom. The van der Waals surface area contributed by atoms with Crippen LogP contribution in [0.2, 0.25) is 0 Å². The van der Waals surface area contributed by atoms with Crippen LogP contribution in [0, 0.1) is 0 Å². The van der Waals surface area contributed by atoms with Crippen LogP contribution in [0.5, 0.6) is 0 Å². The normalized spacial score (nSPS) is 15.2. The molecule has 0 unspecified atom stereocenters. The number of anilines is 2. The van der Waals surface area contributed by atoms with Crippen LogP contribution >= 0.6 is 0 Å². The van der Waals surface area contributed by atoms with Crippen molar-refractivity contribution < 1.29 is 58.1 Å². The van der Waals surface area contributed by atoms with E-state index in [0.717, 1.165) is 22.1 Å². The number of unbranched alkanes of at least 4 members (excludes halogenated alkanes) is 6. The molecule has 2 aromatic heterocycles. The molecule has 3 atom stereocenters. The highest BCUT2D eigenvalue weighted by molar-refractivity contribution is 5.97. The van der Waals surface area contributed by atoms with Crippen molar-refractivity contribution in [2.75, 3.05) is 50.9 Å². The molecule has 0 fully saturated rings. The summed E-state index contributed by atoms with van der Waals surface area (Å²) in [5.74, 6) is -3.03. The zero-order valence-electron chi connectivity index (χ0n) is 51.1. The number of ether oxygens (including phenoxy) is 1. The van der Waals surface area contributed by atoms with Gasteiger partial charge >= 0.3 is 18.0 Å². The molecule has 4 aromatic carbocycles. The van der Waals surface area contributed by atoms with E-state index in [9.17, 15) is 53.4 Å². The number of rotatable bonds is 29. The molecule has 7 amide bonds. The second-order valence-electron chi connectivity index (χ2n) is 23.8. The Labute approximate surface area is 516 Å². The van der Waals surface area contributed by atoms with Gasteiger partial charge < -0.3 is 71.1 Å². The molecular formula is C64H81N13O12.